The van der Waals surface area contributed by atoms with Crippen LogP contribution in [-0.4, -0.2) is 14.6 Å². The predicted octanol–water partition coefficient (Wildman–Crippen LogP) is 4.10. The molecule has 0 radical (unpaired) electrons. The highest BCUT2D eigenvalue weighted by Crippen LogP contribution is 2.31. The van der Waals surface area contributed by atoms with Gasteiger partial charge in [-0.3, -0.25) is 4.68 Å². The van der Waals surface area contributed by atoms with E-state index in [0.717, 1.165) is 18.2 Å². The fourth-order valence-electron chi connectivity index (χ4n) is 2.87. The van der Waals surface area contributed by atoms with Crippen LogP contribution in [0.25, 0.3) is 0 Å². The van der Waals surface area contributed by atoms with Gasteiger partial charge in [0.25, 0.3) is 0 Å². The normalized spacial score (nSPS) is 25.8. The molecule has 0 aliphatic heterocycles. The van der Waals surface area contributed by atoms with Gasteiger partial charge in [0.15, 0.2) is 0 Å². The third-order valence-electron chi connectivity index (χ3n) is 3.82. The summed E-state index contributed by atoms with van der Waals surface area (Å²) in [5.41, 5.74) is 2.57. The van der Waals surface area contributed by atoms with E-state index in [-0.39, 0.29) is 0 Å². The molecule has 2 atom stereocenters. The van der Waals surface area contributed by atoms with Crippen LogP contribution in [0.2, 0.25) is 0 Å². The monoisotopic (exact) mass is 298 g/mol. The molecule has 1 aliphatic rings. The Morgan fingerprint density at radius 1 is 1.35 bits per heavy atom. The molecule has 96 valence electrons. The summed E-state index contributed by atoms with van der Waals surface area (Å²) in [6, 6.07) is 2.26. The number of alkyl halides is 1. The predicted molar refractivity (Wildman–Crippen MR) is 75.6 cm³/mol. The Hall–Kier alpha value is -0.310. The van der Waals surface area contributed by atoms with Gasteiger partial charge in [-0.15, -0.1) is 0 Å². The van der Waals surface area contributed by atoms with E-state index < -0.39 is 0 Å². The van der Waals surface area contributed by atoms with Gasteiger partial charge < -0.3 is 0 Å². The molecule has 1 aromatic heterocycles. The van der Waals surface area contributed by atoms with E-state index >= 15 is 0 Å². The summed E-state index contributed by atoms with van der Waals surface area (Å²) >= 11 is 3.89. The zero-order chi connectivity index (χ0) is 12.3. The van der Waals surface area contributed by atoms with Crippen molar-refractivity contribution in [2.75, 3.05) is 0 Å². The fourth-order valence-corrected chi connectivity index (χ4v) is 3.65. The molecule has 0 bridgehead atoms. The quantitative estimate of drug-likeness (QED) is 0.607. The van der Waals surface area contributed by atoms with Crippen molar-refractivity contribution >= 4 is 15.9 Å². The van der Waals surface area contributed by atoms with Gasteiger partial charge in [0, 0.05) is 17.1 Å². The summed E-state index contributed by atoms with van der Waals surface area (Å²) in [6.07, 6.45) is 8.08. The molecule has 1 saturated carbocycles. The average Bonchev–Trinajstić information content (AvgIpc) is 2.54. The molecule has 0 N–H and O–H groups in total. The molecular formula is C14H23BrN2. The lowest BCUT2D eigenvalue weighted by atomic mass is 9.94. The maximum atomic E-state index is 4.54. The minimum absolute atomic E-state index is 0.700. The average molecular weight is 299 g/mol. The molecular weight excluding hydrogens is 276 g/mol. The zero-order valence-corrected chi connectivity index (χ0v) is 12.5. The van der Waals surface area contributed by atoms with Crippen LogP contribution < -0.4 is 0 Å². The topological polar surface area (TPSA) is 17.8 Å². The van der Waals surface area contributed by atoms with E-state index in [1.165, 1.54) is 44.2 Å². The fraction of sp³-hybridized carbons (Fsp3) is 0.786. The summed E-state index contributed by atoms with van der Waals surface area (Å²) in [5, 5.41) is 4.54. The molecule has 1 aliphatic carbocycles. The number of hydrogen-bond donors (Lipinski definition) is 0. The Kier molecular flexibility index (Phi) is 4.66. The number of halogens is 1. The van der Waals surface area contributed by atoms with E-state index in [1.807, 2.05) is 0 Å². The van der Waals surface area contributed by atoms with Crippen LogP contribution in [0.3, 0.4) is 0 Å². The molecule has 0 spiro atoms. The van der Waals surface area contributed by atoms with Crippen LogP contribution in [0.15, 0.2) is 6.07 Å². The SMILES string of the molecule is CCn1nc(C)cc1CC1CCCCCC1Br. The van der Waals surface area contributed by atoms with E-state index in [1.54, 1.807) is 0 Å². The maximum absolute atomic E-state index is 4.54. The Morgan fingerprint density at radius 3 is 2.88 bits per heavy atom. The van der Waals surface area contributed by atoms with Crippen LogP contribution in [0.4, 0.5) is 0 Å². The van der Waals surface area contributed by atoms with E-state index in [0.29, 0.717) is 4.83 Å². The van der Waals surface area contributed by atoms with Crippen LogP contribution >= 0.6 is 15.9 Å². The van der Waals surface area contributed by atoms with E-state index in [9.17, 15) is 0 Å². The highest BCUT2D eigenvalue weighted by atomic mass is 79.9. The molecule has 2 nitrogen and oxygen atoms in total. The lowest BCUT2D eigenvalue weighted by Crippen LogP contribution is -2.17. The first-order valence-electron chi connectivity index (χ1n) is 6.88. The van der Waals surface area contributed by atoms with E-state index in [2.05, 4.69) is 45.6 Å². The van der Waals surface area contributed by atoms with Crippen LogP contribution in [0.1, 0.15) is 50.4 Å². The summed E-state index contributed by atoms with van der Waals surface area (Å²) in [4.78, 5) is 0.700. The Labute approximate surface area is 113 Å². The molecule has 2 unspecified atom stereocenters. The second-order valence-corrected chi connectivity index (χ2v) is 6.39. The Morgan fingerprint density at radius 2 is 2.12 bits per heavy atom. The van der Waals surface area contributed by atoms with Crippen molar-refractivity contribution in [2.24, 2.45) is 5.92 Å². The van der Waals surface area contributed by atoms with Crippen molar-refractivity contribution in [1.82, 2.24) is 9.78 Å². The van der Waals surface area contributed by atoms with Crippen molar-refractivity contribution in [3.05, 3.63) is 17.5 Å². The summed E-state index contributed by atoms with van der Waals surface area (Å²) < 4.78 is 2.17. The first kappa shape index (κ1) is 13.1. The summed E-state index contributed by atoms with van der Waals surface area (Å²) in [7, 11) is 0. The minimum Gasteiger partial charge on any atom is -0.270 e. The summed E-state index contributed by atoms with van der Waals surface area (Å²) in [5.74, 6) is 0.791. The molecule has 2 rings (SSSR count). The molecule has 0 aromatic carbocycles. The third kappa shape index (κ3) is 3.34. The Bertz CT molecular complexity index is 359. The molecule has 0 amide bonds. The molecule has 1 fully saturated rings. The summed E-state index contributed by atoms with van der Waals surface area (Å²) in [6.45, 7) is 5.26. The highest BCUT2D eigenvalue weighted by molar-refractivity contribution is 9.09. The standard InChI is InChI=1S/C14H23BrN2/c1-3-17-13(9-11(2)16-17)10-12-7-5-4-6-8-14(12)15/h9,12,14H,3-8,10H2,1-2H3. The van der Waals surface area contributed by atoms with Gasteiger partial charge in [0.2, 0.25) is 0 Å². The lowest BCUT2D eigenvalue weighted by molar-refractivity contribution is 0.454. The smallest absolute Gasteiger partial charge is 0.0596 e. The van der Waals surface area contributed by atoms with Crippen molar-refractivity contribution in [1.29, 1.82) is 0 Å². The second-order valence-electron chi connectivity index (χ2n) is 5.21. The van der Waals surface area contributed by atoms with Crippen LogP contribution in [0.5, 0.6) is 0 Å². The number of aryl methyl sites for hydroxylation is 2. The third-order valence-corrected chi connectivity index (χ3v) is 5.03. The molecule has 17 heavy (non-hydrogen) atoms. The lowest BCUT2D eigenvalue weighted by Gasteiger charge is -2.20. The van der Waals surface area contributed by atoms with Crippen molar-refractivity contribution in [3.63, 3.8) is 0 Å². The van der Waals surface area contributed by atoms with Crippen LogP contribution in [-0.2, 0) is 13.0 Å². The first-order chi connectivity index (χ1) is 8.20. The molecule has 1 aromatic rings. The van der Waals surface area contributed by atoms with Crippen molar-refractivity contribution in [3.8, 4) is 0 Å². The molecule has 3 heteroatoms. The zero-order valence-electron chi connectivity index (χ0n) is 11.0. The van der Waals surface area contributed by atoms with Gasteiger partial charge in [0.05, 0.1) is 5.69 Å². The number of rotatable bonds is 3. The molecule has 0 saturated heterocycles. The van der Waals surface area contributed by atoms with Crippen molar-refractivity contribution in [2.45, 2.75) is 63.7 Å². The van der Waals surface area contributed by atoms with Gasteiger partial charge in [-0.2, -0.15) is 5.10 Å². The van der Waals surface area contributed by atoms with Gasteiger partial charge >= 0.3 is 0 Å². The van der Waals surface area contributed by atoms with Gasteiger partial charge in [-0.1, -0.05) is 35.2 Å². The largest absolute Gasteiger partial charge is 0.270 e. The number of nitrogens with zero attached hydrogens (tertiary/aromatic N) is 2. The second kappa shape index (κ2) is 6.03. The Balaban J connectivity index is 2.07. The maximum Gasteiger partial charge on any atom is 0.0596 e. The van der Waals surface area contributed by atoms with Gasteiger partial charge in [-0.05, 0) is 45.1 Å². The van der Waals surface area contributed by atoms with Gasteiger partial charge in [-0.25, -0.2) is 0 Å². The van der Waals surface area contributed by atoms with E-state index in [4.69, 9.17) is 0 Å². The number of aromatic nitrogens is 2. The molecule has 1 heterocycles. The van der Waals surface area contributed by atoms with Crippen LogP contribution in [0, 0.1) is 12.8 Å². The first-order valence-corrected chi connectivity index (χ1v) is 7.79. The van der Waals surface area contributed by atoms with Gasteiger partial charge in [0.1, 0.15) is 0 Å². The van der Waals surface area contributed by atoms with Crippen molar-refractivity contribution < 1.29 is 0 Å². The highest BCUT2D eigenvalue weighted by Gasteiger charge is 2.22. The number of hydrogen-bond acceptors (Lipinski definition) is 1. The minimum atomic E-state index is 0.700.